The summed E-state index contributed by atoms with van der Waals surface area (Å²) in [6, 6.07) is 12.1. The standard InChI is InChI=1S/C25H26ClN3OS/c1-5-15-9-10-21(31-15)22-16(13-27)24(28)29(18-8-6-7-17(26)14(18)2)19-11-25(3,4)12-20(30)23(19)22/h6-10,22H,5,11-12,28H2,1-4H3/t22-/m1/s1. The number of hydrogen-bond acceptors (Lipinski definition) is 5. The van der Waals surface area contributed by atoms with Crippen molar-refractivity contribution in [2.45, 2.75) is 52.9 Å². The second-order valence-corrected chi connectivity index (χ2v) is 10.6. The van der Waals surface area contributed by atoms with Crippen molar-refractivity contribution in [1.29, 1.82) is 5.26 Å². The Bertz CT molecular complexity index is 1180. The molecule has 0 amide bonds. The number of hydrogen-bond donors (Lipinski definition) is 1. The number of carbonyl (C=O) groups excluding carboxylic acids is 1. The van der Waals surface area contributed by atoms with Crippen LogP contribution in [0.3, 0.4) is 0 Å². The second kappa shape index (κ2) is 7.85. The van der Waals surface area contributed by atoms with Crippen LogP contribution in [0.4, 0.5) is 5.69 Å². The molecule has 1 aliphatic heterocycles. The highest BCUT2D eigenvalue weighted by Crippen LogP contribution is 2.51. The highest BCUT2D eigenvalue weighted by atomic mass is 35.5. The topological polar surface area (TPSA) is 70.1 Å². The minimum atomic E-state index is -0.412. The fourth-order valence-corrected chi connectivity index (χ4v) is 5.89. The van der Waals surface area contributed by atoms with E-state index < -0.39 is 5.92 Å². The molecule has 2 aliphatic rings. The summed E-state index contributed by atoms with van der Waals surface area (Å²) in [5.74, 6) is 0.0610. The Morgan fingerprint density at radius 2 is 2.03 bits per heavy atom. The van der Waals surface area contributed by atoms with E-state index in [9.17, 15) is 10.1 Å². The van der Waals surface area contributed by atoms with Crippen molar-refractivity contribution in [2.24, 2.45) is 11.1 Å². The summed E-state index contributed by atoms with van der Waals surface area (Å²) < 4.78 is 0. The Morgan fingerprint density at radius 1 is 1.29 bits per heavy atom. The van der Waals surface area contributed by atoms with Gasteiger partial charge in [-0.25, -0.2) is 0 Å². The predicted octanol–water partition coefficient (Wildman–Crippen LogP) is 6.21. The molecule has 1 aromatic carbocycles. The fourth-order valence-electron chi connectivity index (χ4n) is 4.65. The molecule has 2 aromatic rings. The Balaban J connectivity index is 2.01. The fraction of sp³-hybridized carbons (Fsp3) is 0.360. The molecule has 0 unspecified atom stereocenters. The van der Waals surface area contributed by atoms with Gasteiger partial charge in [0.05, 0.1) is 23.2 Å². The molecule has 160 valence electrons. The van der Waals surface area contributed by atoms with Gasteiger partial charge in [0.25, 0.3) is 0 Å². The van der Waals surface area contributed by atoms with Crippen LogP contribution in [0.2, 0.25) is 5.02 Å². The van der Waals surface area contributed by atoms with Crippen molar-refractivity contribution >= 4 is 34.4 Å². The molecule has 1 aromatic heterocycles. The van der Waals surface area contributed by atoms with Crippen molar-refractivity contribution < 1.29 is 4.79 Å². The lowest BCUT2D eigenvalue weighted by Gasteiger charge is -2.44. The second-order valence-electron chi connectivity index (χ2n) is 9.02. The maximum absolute atomic E-state index is 13.5. The van der Waals surface area contributed by atoms with E-state index in [1.807, 2.05) is 36.1 Å². The molecule has 2 N–H and O–H groups in total. The zero-order valence-electron chi connectivity index (χ0n) is 18.3. The predicted molar refractivity (Wildman–Crippen MR) is 127 cm³/mol. The maximum Gasteiger partial charge on any atom is 0.162 e. The largest absolute Gasteiger partial charge is 0.384 e. The maximum atomic E-state index is 13.5. The third-order valence-electron chi connectivity index (χ3n) is 6.18. The highest BCUT2D eigenvalue weighted by Gasteiger charge is 2.45. The average molecular weight is 452 g/mol. The van der Waals surface area contributed by atoms with Gasteiger partial charge in [0.1, 0.15) is 5.82 Å². The van der Waals surface area contributed by atoms with E-state index in [2.05, 4.69) is 32.9 Å². The molecule has 0 radical (unpaired) electrons. The number of Topliss-reactive ketones (excluding diaryl/α,β-unsaturated/α-hetero) is 1. The normalized spacial score (nSPS) is 20.7. The molecule has 31 heavy (non-hydrogen) atoms. The van der Waals surface area contributed by atoms with E-state index in [1.165, 1.54) is 4.88 Å². The van der Waals surface area contributed by atoms with Crippen LogP contribution in [0.1, 0.15) is 54.8 Å². The molecular formula is C25H26ClN3OS. The molecule has 4 rings (SSSR count). The van der Waals surface area contributed by atoms with Crippen LogP contribution in [0, 0.1) is 23.7 Å². The van der Waals surface area contributed by atoms with Crippen molar-refractivity contribution in [3.8, 4) is 6.07 Å². The monoisotopic (exact) mass is 451 g/mol. The summed E-state index contributed by atoms with van der Waals surface area (Å²) in [4.78, 5) is 17.6. The van der Waals surface area contributed by atoms with Crippen LogP contribution in [0.25, 0.3) is 0 Å². The van der Waals surface area contributed by atoms with E-state index in [0.29, 0.717) is 34.8 Å². The van der Waals surface area contributed by atoms with E-state index in [-0.39, 0.29) is 11.2 Å². The number of carbonyl (C=O) groups is 1. The number of rotatable bonds is 3. The molecular weight excluding hydrogens is 426 g/mol. The number of anilines is 1. The van der Waals surface area contributed by atoms with Gasteiger partial charge < -0.3 is 5.73 Å². The summed E-state index contributed by atoms with van der Waals surface area (Å²) in [5.41, 5.74) is 10.2. The number of nitrogens with zero attached hydrogens (tertiary/aromatic N) is 2. The molecule has 2 heterocycles. The number of halogens is 1. The van der Waals surface area contributed by atoms with E-state index in [4.69, 9.17) is 17.3 Å². The Morgan fingerprint density at radius 3 is 2.68 bits per heavy atom. The number of allylic oxidation sites excluding steroid dienone is 3. The lowest BCUT2D eigenvalue weighted by molar-refractivity contribution is -0.118. The molecule has 1 aliphatic carbocycles. The lowest BCUT2D eigenvalue weighted by Crippen LogP contribution is -2.42. The molecule has 0 spiro atoms. The Kier molecular flexibility index (Phi) is 5.49. The first kappa shape index (κ1) is 21.7. The quantitative estimate of drug-likeness (QED) is 0.601. The van der Waals surface area contributed by atoms with Gasteiger partial charge in [0.15, 0.2) is 5.78 Å². The van der Waals surface area contributed by atoms with Crippen LogP contribution in [-0.4, -0.2) is 5.78 Å². The van der Waals surface area contributed by atoms with Gasteiger partial charge in [0.2, 0.25) is 0 Å². The minimum Gasteiger partial charge on any atom is -0.384 e. The van der Waals surface area contributed by atoms with Crippen LogP contribution < -0.4 is 10.6 Å². The summed E-state index contributed by atoms with van der Waals surface area (Å²) in [6.45, 7) is 8.25. The molecule has 6 heteroatoms. The number of thiophene rings is 1. The summed E-state index contributed by atoms with van der Waals surface area (Å²) in [5, 5.41) is 10.8. The van der Waals surface area contributed by atoms with Gasteiger partial charge in [-0.1, -0.05) is 38.4 Å². The molecule has 0 saturated carbocycles. The van der Waals surface area contributed by atoms with Crippen molar-refractivity contribution in [1.82, 2.24) is 0 Å². The number of benzene rings is 1. The van der Waals surface area contributed by atoms with Gasteiger partial charge in [-0.15, -0.1) is 11.3 Å². The van der Waals surface area contributed by atoms with Gasteiger partial charge in [-0.2, -0.15) is 5.26 Å². The smallest absolute Gasteiger partial charge is 0.162 e. The Labute approximate surface area is 192 Å². The van der Waals surface area contributed by atoms with Crippen molar-refractivity contribution in [3.63, 3.8) is 0 Å². The lowest BCUT2D eigenvalue weighted by atomic mass is 9.69. The minimum absolute atomic E-state index is 0.0904. The SMILES string of the molecule is CCc1ccc([C@H]2C(C#N)=C(N)N(c3cccc(Cl)c3C)C3=C2C(=O)CC(C)(C)C3)s1. The summed E-state index contributed by atoms with van der Waals surface area (Å²) in [6.07, 6.45) is 2.07. The van der Waals surface area contributed by atoms with Gasteiger partial charge in [-0.3, -0.25) is 9.69 Å². The van der Waals surface area contributed by atoms with Gasteiger partial charge in [-0.05, 0) is 55.0 Å². The van der Waals surface area contributed by atoms with Crippen LogP contribution in [-0.2, 0) is 11.2 Å². The molecule has 4 nitrogen and oxygen atoms in total. The average Bonchev–Trinajstić information content (AvgIpc) is 3.18. The zero-order chi connectivity index (χ0) is 22.5. The first-order valence-corrected chi connectivity index (χ1v) is 11.7. The van der Waals surface area contributed by atoms with Crippen molar-refractivity contribution in [3.05, 3.63) is 73.3 Å². The van der Waals surface area contributed by atoms with Crippen molar-refractivity contribution in [2.75, 3.05) is 4.90 Å². The zero-order valence-corrected chi connectivity index (χ0v) is 19.8. The first-order valence-electron chi connectivity index (χ1n) is 10.5. The highest BCUT2D eigenvalue weighted by molar-refractivity contribution is 7.12. The van der Waals surface area contributed by atoms with E-state index in [0.717, 1.165) is 28.2 Å². The van der Waals surface area contributed by atoms with Crippen LogP contribution >= 0.6 is 22.9 Å². The third-order valence-corrected chi connectivity index (χ3v) is 7.88. The van der Waals surface area contributed by atoms with Gasteiger partial charge >= 0.3 is 0 Å². The molecule has 1 atom stereocenters. The van der Waals surface area contributed by atoms with Crippen LogP contribution in [0.5, 0.6) is 0 Å². The first-order chi connectivity index (χ1) is 14.7. The summed E-state index contributed by atoms with van der Waals surface area (Å²) >= 11 is 8.08. The number of ketones is 1. The molecule has 0 saturated heterocycles. The van der Waals surface area contributed by atoms with E-state index >= 15 is 0 Å². The Hall–Kier alpha value is -2.55. The number of nitriles is 1. The summed E-state index contributed by atoms with van der Waals surface area (Å²) in [7, 11) is 0. The third kappa shape index (κ3) is 3.58. The van der Waals surface area contributed by atoms with E-state index in [1.54, 1.807) is 11.3 Å². The number of nitrogens with two attached hydrogens (primary N) is 1. The van der Waals surface area contributed by atoms with Crippen LogP contribution in [0.15, 0.2) is 53.0 Å². The molecule has 0 bridgehead atoms. The van der Waals surface area contributed by atoms with Gasteiger partial charge in [0, 0.05) is 32.5 Å². The number of aryl methyl sites for hydroxylation is 1. The molecule has 0 fully saturated rings.